The molecule has 2 amide bonds. The van der Waals surface area contributed by atoms with Crippen LogP contribution in [-0.2, 0) is 22.6 Å². The molecule has 0 aromatic heterocycles. The largest absolute Gasteiger partial charge is 0.354 e. The quantitative estimate of drug-likeness (QED) is 0.551. The molecular weight excluding hydrogens is 419 g/mol. The van der Waals surface area contributed by atoms with Crippen molar-refractivity contribution in [1.82, 2.24) is 10.2 Å². The van der Waals surface area contributed by atoms with Gasteiger partial charge in [0, 0.05) is 23.1 Å². The number of hydrogen-bond donors (Lipinski definition) is 1. The number of rotatable bonds is 9. The van der Waals surface area contributed by atoms with E-state index >= 15 is 0 Å². The van der Waals surface area contributed by atoms with E-state index < -0.39 is 6.04 Å². The molecule has 0 heterocycles. The molecule has 1 N–H and O–H groups in total. The van der Waals surface area contributed by atoms with Crippen LogP contribution in [0.15, 0.2) is 36.4 Å². The minimum absolute atomic E-state index is 0.107. The van der Waals surface area contributed by atoms with Crippen LogP contribution in [0.1, 0.15) is 48.9 Å². The molecule has 0 unspecified atom stereocenters. The van der Waals surface area contributed by atoms with E-state index in [1.807, 2.05) is 39.8 Å². The maximum Gasteiger partial charge on any atom is 0.242 e. The lowest BCUT2D eigenvalue weighted by Crippen LogP contribution is -2.49. The Labute approximate surface area is 189 Å². The summed E-state index contributed by atoms with van der Waals surface area (Å²) in [4.78, 5) is 27.8. The van der Waals surface area contributed by atoms with E-state index in [2.05, 4.69) is 11.4 Å². The van der Waals surface area contributed by atoms with Crippen LogP contribution in [0.4, 0.5) is 0 Å². The number of benzene rings is 2. The third kappa shape index (κ3) is 6.75. The second-order valence-electron chi connectivity index (χ2n) is 7.65. The molecule has 4 nitrogen and oxygen atoms in total. The van der Waals surface area contributed by atoms with Gasteiger partial charge in [-0.25, -0.2) is 0 Å². The lowest BCUT2D eigenvalue weighted by Gasteiger charge is -2.31. The van der Waals surface area contributed by atoms with Crippen molar-refractivity contribution in [2.75, 3.05) is 6.54 Å². The van der Waals surface area contributed by atoms with Crippen molar-refractivity contribution >= 4 is 35.0 Å². The van der Waals surface area contributed by atoms with Gasteiger partial charge in [-0.2, -0.15) is 0 Å². The van der Waals surface area contributed by atoms with E-state index in [1.165, 1.54) is 0 Å². The molecule has 1 atom stereocenters. The molecule has 0 bridgehead atoms. The van der Waals surface area contributed by atoms with Crippen LogP contribution >= 0.6 is 23.2 Å². The van der Waals surface area contributed by atoms with Gasteiger partial charge in [0.2, 0.25) is 11.8 Å². The van der Waals surface area contributed by atoms with E-state index in [-0.39, 0.29) is 24.8 Å². The first kappa shape index (κ1) is 24.2. The van der Waals surface area contributed by atoms with Gasteiger partial charge in [-0.1, -0.05) is 72.4 Å². The number of carbonyl (C=O) groups is 2. The van der Waals surface area contributed by atoms with Gasteiger partial charge in [-0.3, -0.25) is 9.59 Å². The first-order valence-corrected chi connectivity index (χ1v) is 11.1. The molecule has 0 spiro atoms. The molecule has 2 aromatic carbocycles. The van der Waals surface area contributed by atoms with Crippen molar-refractivity contribution < 1.29 is 9.59 Å². The average Bonchev–Trinajstić information content (AvgIpc) is 2.66. The molecule has 2 rings (SSSR count). The summed E-state index contributed by atoms with van der Waals surface area (Å²) in [6.45, 7) is 8.76. The molecule has 162 valence electrons. The van der Waals surface area contributed by atoms with Gasteiger partial charge in [-0.15, -0.1) is 0 Å². The van der Waals surface area contributed by atoms with E-state index in [0.717, 1.165) is 28.7 Å². The predicted molar refractivity (Wildman–Crippen MR) is 124 cm³/mol. The summed E-state index contributed by atoms with van der Waals surface area (Å²) in [6.07, 6.45) is 1.58. The monoisotopic (exact) mass is 448 g/mol. The predicted octanol–water partition coefficient (Wildman–Crippen LogP) is 5.49. The Hall–Kier alpha value is -2.04. The van der Waals surface area contributed by atoms with Crippen LogP contribution in [0, 0.1) is 13.8 Å². The summed E-state index contributed by atoms with van der Waals surface area (Å²) < 4.78 is 0. The molecule has 0 radical (unpaired) electrons. The highest BCUT2D eigenvalue weighted by Crippen LogP contribution is 2.24. The molecule has 6 heteroatoms. The fourth-order valence-electron chi connectivity index (χ4n) is 3.57. The highest BCUT2D eigenvalue weighted by atomic mass is 35.5. The summed E-state index contributed by atoms with van der Waals surface area (Å²) in [5, 5.41) is 3.94. The normalized spacial score (nSPS) is 11.8. The van der Waals surface area contributed by atoms with Crippen molar-refractivity contribution in [1.29, 1.82) is 0 Å². The van der Waals surface area contributed by atoms with Crippen molar-refractivity contribution in [3.8, 4) is 0 Å². The van der Waals surface area contributed by atoms with Gasteiger partial charge < -0.3 is 10.2 Å². The summed E-state index contributed by atoms with van der Waals surface area (Å²) in [5.74, 6) is -0.247. The SMILES string of the molecule is CCCNC(=O)[C@H](CC)N(Cc1ccc(Cl)cc1Cl)C(=O)Cc1cc(C)cc(C)c1. The lowest BCUT2D eigenvalue weighted by molar-refractivity contribution is -0.140. The molecule has 0 saturated heterocycles. The highest BCUT2D eigenvalue weighted by Gasteiger charge is 2.29. The van der Waals surface area contributed by atoms with Gasteiger partial charge >= 0.3 is 0 Å². The van der Waals surface area contributed by atoms with Crippen molar-refractivity contribution in [3.05, 3.63) is 68.7 Å². The molecule has 0 saturated carbocycles. The Balaban J connectivity index is 2.34. The van der Waals surface area contributed by atoms with Crippen LogP contribution in [0.25, 0.3) is 0 Å². The van der Waals surface area contributed by atoms with Gasteiger partial charge in [0.25, 0.3) is 0 Å². The zero-order valence-electron chi connectivity index (χ0n) is 18.1. The number of nitrogens with zero attached hydrogens (tertiary/aromatic N) is 1. The van der Waals surface area contributed by atoms with Crippen LogP contribution in [0.3, 0.4) is 0 Å². The maximum absolute atomic E-state index is 13.4. The number of halogens is 2. The number of amides is 2. The fraction of sp³-hybridized carbons (Fsp3) is 0.417. The number of nitrogens with one attached hydrogen (secondary N) is 1. The molecule has 0 fully saturated rings. The fourth-order valence-corrected chi connectivity index (χ4v) is 4.03. The van der Waals surface area contributed by atoms with Crippen molar-refractivity contribution in [2.24, 2.45) is 0 Å². The molecule has 0 aliphatic heterocycles. The smallest absolute Gasteiger partial charge is 0.242 e. The Morgan fingerprint density at radius 1 is 1.03 bits per heavy atom. The minimum Gasteiger partial charge on any atom is -0.354 e. The van der Waals surface area contributed by atoms with Gasteiger partial charge in [0.05, 0.1) is 6.42 Å². The van der Waals surface area contributed by atoms with Crippen molar-refractivity contribution in [2.45, 2.75) is 59.5 Å². The Morgan fingerprint density at radius 2 is 1.70 bits per heavy atom. The zero-order valence-corrected chi connectivity index (χ0v) is 19.6. The van der Waals surface area contributed by atoms with Gasteiger partial charge in [0.1, 0.15) is 6.04 Å². The van der Waals surface area contributed by atoms with Crippen LogP contribution in [-0.4, -0.2) is 29.3 Å². The maximum atomic E-state index is 13.4. The van der Waals surface area contributed by atoms with E-state index in [1.54, 1.807) is 23.1 Å². The van der Waals surface area contributed by atoms with Crippen molar-refractivity contribution in [3.63, 3.8) is 0 Å². The molecule has 0 aliphatic carbocycles. The Bertz CT molecular complexity index is 879. The lowest BCUT2D eigenvalue weighted by atomic mass is 10.0. The third-order valence-corrected chi connectivity index (χ3v) is 5.51. The van der Waals surface area contributed by atoms with Crippen LogP contribution in [0.5, 0.6) is 0 Å². The standard InChI is InChI=1S/C24H30Cl2N2O2/c1-5-9-27-24(30)22(6-2)28(15-19-7-8-20(25)14-21(19)26)23(29)13-18-11-16(3)10-17(4)12-18/h7-8,10-12,14,22H,5-6,9,13,15H2,1-4H3,(H,27,30)/t22-/m0/s1. The second-order valence-corrected chi connectivity index (χ2v) is 8.49. The van der Waals surface area contributed by atoms with E-state index in [4.69, 9.17) is 23.2 Å². The first-order chi connectivity index (χ1) is 14.2. The number of hydrogen-bond acceptors (Lipinski definition) is 2. The molecule has 2 aromatic rings. The minimum atomic E-state index is -0.568. The van der Waals surface area contributed by atoms with Gasteiger partial charge in [-0.05, 0) is 49.9 Å². The topological polar surface area (TPSA) is 49.4 Å². The van der Waals surface area contributed by atoms with E-state index in [9.17, 15) is 9.59 Å². The van der Waals surface area contributed by atoms with Gasteiger partial charge in [0.15, 0.2) is 0 Å². The third-order valence-electron chi connectivity index (χ3n) is 4.93. The molecule has 30 heavy (non-hydrogen) atoms. The number of carbonyl (C=O) groups excluding carboxylic acids is 2. The second kappa shape index (κ2) is 11.4. The summed E-state index contributed by atoms with van der Waals surface area (Å²) in [6, 6.07) is 10.7. The summed E-state index contributed by atoms with van der Waals surface area (Å²) in [7, 11) is 0. The summed E-state index contributed by atoms with van der Waals surface area (Å²) in [5.41, 5.74) is 3.92. The average molecular weight is 449 g/mol. The molecular formula is C24H30Cl2N2O2. The Kier molecular flexibility index (Phi) is 9.19. The Morgan fingerprint density at radius 3 is 2.27 bits per heavy atom. The summed E-state index contributed by atoms with van der Waals surface area (Å²) >= 11 is 12.4. The van der Waals surface area contributed by atoms with E-state index in [0.29, 0.717) is 23.0 Å². The zero-order chi connectivity index (χ0) is 22.3. The van der Waals surface area contributed by atoms with Crippen LogP contribution < -0.4 is 5.32 Å². The first-order valence-electron chi connectivity index (χ1n) is 10.3. The highest BCUT2D eigenvalue weighted by molar-refractivity contribution is 6.35. The van der Waals surface area contributed by atoms with Crippen LogP contribution in [0.2, 0.25) is 10.0 Å². The number of aryl methyl sites for hydroxylation is 2. The molecule has 0 aliphatic rings.